The fraction of sp³-hybridized carbons (Fsp3) is 0.176. The van der Waals surface area contributed by atoms with Crippen molar-refractivity contribution in [1.82, 2.24) is 5.01 Å². The minimum atomic E-state index is -0.955. The number of hydrogen-bond acceptors (Lipinski definition) is 5. The lowest BCUT2D eigenvalue weighted by Crippen LogP contribution is -2.39. The highest BCUT2D eigenvalue weighted by molar-refractivity contribution is 6.31. The Hall–Kier alpha value is -2.51. The molecule has 0 aliphatic carbocycles. The average Bonchev–Trinajstić information content (AvgIpc) is 3.13. The van der Waals surface area contributed by atoms with Gasteiger partial charge in [-0.15, -0.1) is 0 Å². The summed E-state index contributed by atoms with van der Waals surface area (Å²) in [6, 6.07) is 8.76. The molecule has 0 unspecified atom stereocenters. The number of carbonyl (C=O) groups is 2. The molecule has 132 valence electrons. The molecule has 2 heterocycles. The Balaban J connectivity index is 1.63. The molecule has 2 aromatic rings. The molecule has 6 nitrogen and oxygen atoms in total. The number of hydrogen-bond donors (Lipinski definition) is 0. The maximum atomic E-state index is 14.0. The first-order chi connectivity index (χ1) is 12.5. The summed E-state index contributed by atoms with van der Waals surface area (Å²) in [4.78, 5) is 26.5. The van der Waals surface area contributed by atoms with Crippen LogP contribution in [0.4, 0.5) is 10.1 Å². The van der Waals surface area contributed by atoms with Crippen molar-refractivity contribution in [3.05, 3.63) is 63.9 Å². The van der Waals surface area contributed by atoms with E-state index < -0.39 is 29.7 Å². The normalized spacial score (nSPS) is 21.7. The molecule has 2 aliphatic rings. The van der Waals surface area contributed by atoms with Gasteiger partial charge < -0.3 is 0 Å². The van der Waals surface area contributed by atoms with E-state index in [1.807, 2.05) is 0 Å². The summed E-state index contributed by atoms with van der Waals surface area (Å²) in [5, 5.41) is 9.79. The Kier molecular flexibility index (Phi) is 4.13. The van der Waals surface area contributed by atoms with Crippen LogP contribution in [0.3, 0.4) is 0 Å². The van der Waals surface area contributed by atoms with Crippen LogP contribution in [-0.2, 0) is 16.1 Å². The zero-order valence-corrected chi connectivity index (χ0v) is 14.7. The third-order valence-corrected chi connectivity index (χ3v) is 4.93. The summed E-state index contributed by atoms with van der Waals surface area (Å²) in [6.07, 6.45) is 0. The van der Waals surface area contributed by atoms with Gasteiger partial charge in [0.2, 0.25) is 0 Å². The van der Waals surface area contributed by atoms with Crippen LogP contribution in [0.25, 0.3) is 0 Å². The molecular formula is C17H11Cl2FN4O2. The highest BCUT2D eigenvalue weighted by Gasteiger charge is 2.54. The number of amides is 2. The number of imide groups is 1. The summed E-state index contributed by atoms with van der Waals surface area (Å²) in [6.45, 7) is -0.0658. The van der Waals surface area contributed by atoms with Gasteiger partial charge in [0.15, 0.2) is 12.1 Å². The Morgan fingerprint density at radius 2 is 1.77 bits per heavy atom. The summed E-state index contributed by atoms with van der Waals surface area (Å²) in [5.74, 6) is -1.46. The lowest BCUT2D eigenvalue weighted by Gasteiger charge is -2.21. The van der Waals surface area contributed by atoms with Gasteiger partial charge in [-0.1, -0.05) is 34.5 Å². The van der Waals surface area contributed by atoms with Crippen LogP contribution in [0.2, 0.25) is 10.0 Å². The zero-order chi connectivity index (χ0) is 18.4. The molecule has 2 atom stereocenters. The highest BCUT2D eigenvalue weighted by atomic mass is 35.5. The standard InChI is InChI=1S/C17H11Cl2FN4O2/c18-9-4-6-10(7-5-9)24-16(25)14-15(17(24)26)23(22-21-14)8-11-12(19)2-1-3-13(11)20/h1-7,14-15H,8H2/t14-,15+/m1/s1. The molecule has 0 radical (unpaired) electrons. The number of halogens is 3. The van der Waals surface area contributed by atoms with E-state index in [-0.39, 0.29) is 17.1 Å². The van der Waals surface area contributed by atoms with E-state index in [1.165, 1.54) is 17.1 Å². The van der Waals surface area contributed by atoms with Crippen LogP contribution in [-0.4, -0.2) is 28.9 Å². The van der Waals surface area contributed by atoms with Gasteiger partial charge in [0.25, 0.3) is 11.8 Å². The second kappa shape index (κ2) is 6.34. The van der Waals surface area contributed by atoms with Gasteiger partial charge in [0.1, 0.15) is 5.82 Å². The molecule has 2 amide bonds. The summed E-state index contributed by atoms with van der Waals surface area (Å²) in [5.41, 5.74) is 0.594. The van der Waals surface area contributed by atoms with Crippen molar-refractivity contribution in [2.24, 2.45) is 10.3 Å². The molecule has 9 heteroatoms. The van der Waals surface area contributed by atoms with E-state index in [9.17, 15) is 14.0 Å². The van der Waals surface area contributed by atoms with Gasteiger partial charge in [-0.05, 0) is 36.4 Å². The quantitative estimate of drug-likeness (QED) is 0.749. The molecular weight excluding hydrogens is 382 g/mol. The van der Waals surface area contributed by atoms with E-state index in [1.54, 1.807) is 30.3 Å². The number of carbonyl (C=O) groups excluding carboxylic acids is 2. The minimum absolute atomic E-state index is 0.0658. The molecule has 2 aliphatic heterocycles. The van der Waals surface area contributed by atoms with Crippen molar-refractivity contribution in [3.63, 3.8) is 0 Å². The van der Waals surface area contributed by atoms with E-state index in [0.29, 0.717) is 10.7 Å². The number of rotatable bonds is 3. The Bertz CT molecular complexity index is 915. The Morgan fingerprint density at radius 3 is 2.46 bits per heavy atom. The molecule has 4 rings (SSSR count). The highest BCUT2D eigenvalue weighted by Crippen LogP contribution is 2.34. The largest absolute Gasteiger partial charge is 0.271 e. The first-order valence-corrected chi connectivity index (χ1v) is 8.46. The van der Waals surface area contributed by atoms with E-state index >= 15 is 0 Å². The lowest BCUT2D eigenvalue weighted by atomic mass is 10.1. The lowest BCUT2D eigenvalue weighted by molar-refractivity contribution is -0.123. The molecule has 1 fully saturated rings. The van der Waals surface area contributed by atoms with Crippen LogP contribution in [0.5, 0.6) is 0 Å². The number of nitrogens with zero attached hydrogens (tertiary/aromatic N) is 4. The first-order valence-electron chi connectivity index (χ1n) is 7.71. The monoisotopic (exact) mass is 392 g/mol. The van der Waals surface area contributed by atoms with Crippen LogP contribution >= 0.6 is 23.2 Å². The Morgan fingerprint density at radius 1 is 1.04 bits per heavy atom. The van der Waals surface area contributed by atoms with Gasteiger partial charge in [0, 0.05) is 15.6 Å². The maximum Gasteiger partial charge on any atom is 0.263 e. The van der Waals surface area contributed by atoms with Gasteiger partial charge in [0.05, 0.1) is 12.2 Å². The fourth-order valence-corrected chi connectivity index (χ4v) is 3.39. The molecule has 0 aromatic heterocycles. The van der Waals surface area contributed by atoms with E-state index in [2.05, 4.69) is 10.3 Å². The topological polar surface area (TPSA) is 65.3 Å². The van der Waals surface area contributed by atoms with Crippen LogP contribution in [0.15, 0.2) is 52.8 Å². The predicted molar refractivity (Wildman–Crippen MR) is 93.3 cm³/mol. The molecule has 0 saturated carbocycles. The molecule has 0 N–H and O–H groups in total. The van der Waals surface area contributed by atoms with Crippen molar-refractivity contribution in [3.8, 4) is 0 Å². The molecule has 1 saturated heterocycles. The third-order valence-electron chi connectivity index (χ3n) is 4.32. The minimum Gasteiger partial charge on any atom is -0.271 e. The zero-order valence-electron chi connectivity index (χ0n) is 13.1. The van der Waals surface area contributed by atoms with Gasteiger partial charge in [-0.2, -0.15) is 5.11 Å². The molecule has 0 bridgehead atoms. The molecule has 26 heavy (non-hydrogen) atoms. The first kappa shape index (κ1) is 16.9. The van der Waals surface area contributed by atoms with Crippen molar-refractivity contribution in [1.29, 1.82) is 0 Å². The Labute approximate surface area is 157 Å². The second-order valence-corrected chi connectivity index (χ2v) is 6.72. The summed E-state index contributed by atoms with van der Waals surface area (Å²) in [7, 11) is 0. The second-order valence-electron chi connectivity index (χ2n) is 5.88. The summed E-state index contributed by atoms with van der Waals surface area (Å²) < 4.78 is 14.0. The van der Waals surface area contributed by atoms with Crippen LogP contribution < -0.4 is 4.90 Å². The summed E-state index contributed by atoms with van der Waals surface area (Å²) >= 11 is 11.9. The predicted octanol–water partition coefficient (Wildman–Crippen LogP) is 3.63. The molecule has 0 spiro atoms. The fourth-order valence-electron chi connectivity index (χ4n) is 3.04. The average molecular weight is 393 g/mol. The van der Waals surface area contributed by atoms with Crippen molar-refractivity contribution in [2.75, 3.05) is 4.90 Å². The molecule has 2 aromatic carbocycles. The van der Waals surface area contributed by atoms with E-state index in [4.69, 9.17) is 23.2 Å². The van der Waals surface area contributed by atoms with Gasteiger partial charge in [-0.3, -0.25) is 14.6 Å². The van der Waals surface area contributed by atoms with Crippen LogP contribution in [0.1, 0.15) is 5.56 Å². The number of fused-ring (bicyclic) bond motifs is 1. The number of anilines is 1. The van der Waals surface area contributed by atoms with Crippen molar-refractivity contribution < 1.29 is 14.0 Å². The van der Waals surface area contributed by atoms with Gasteiger partial charge in [-0.25, -0.2) is 9.29 Å². The SMILES string of the molecule is O=C1[C@@H]2[C@@H](N=NN2Cc2c(F)cccc2Cl)C(=O)N1c1ccc(Cl)cc1. The number of benzene rings is 2. The van der Waals surface area contributed by atoms with Gasteiger partial charge >= 0.3 is 0 Å². The van der Waals surface area contributed by atoms with E-state index in [0.717, 1.165) is 4.90 Å². The van der Waals surface area contributed by atoms with Crippen molar-refractivity contribution >= 4 is 40.7 Å². The van der Waals surface area contributed by atoms with Crippen LogP contribution in [0, 0.1) is 5.82 Å². The smallest absolute Gasteiger partial charge is 0.263 e. The maximum absolute atomic E-state index is 14.0. The third kappa shape index (κ3) is 2.64. The van der Waals surface area contributed by atoms with Crippen molar-refractivity contribution in [2.45, 2.75) is 18.6 Å².